The summed E-state index contributed by atoms with van der Waals surface area (Å²) in [5, 5.41) is 9.77. The average Bonchev–Trinajstić information content (AvgIpc) is 2.75. The molecule has 0 aliphatic heterocycles. The fraction of sp³-hybridized carbons (Fsp3) is 0.333. The van der Waals surface area contributed by atoms with Gasteiger partial charge in [0.25, 0.3) is 0 Å². The van der Waals surface area contributed by atoms with Crippen molar-refractivity contribution in [1.29, 1.82) is 0 Å². The van der Waals surface area contributed by atoms with Crippen LogP contribution in [0.4, 0.5) is 0 Å². The molecule has 2 aromatic rings. The molecule has 0 radical (unpaired) electrons. The monoisotopic (exact) mass is 300 g/mol. The molecule has 3 nitrogen and oxygen atoms in total. The van der Waals surface area contributed by atoms with Crippen LogP contribution >= 0.6 is 34.7 Å². The third kappa shape index (κ3) is 3.86. The molecule has 0 atom stereocenters. The molecule has 0 N–H and O–H groups in total. The van der Waals surface area contributed by atoms with Crippen molar-refractivity contribution in [3.8, 4) is 5.75 Å². The van der Waals surface area contributed by atoms with E-state index in [1.807, 2.05) is 32.0 Å². The lowest BCUT2D eigenvalue weighted by molar-refractivity contribution is 0.343. The normalized spacial score (nSPS) is 10.6. The molecule has 1 aromatic carbocycles. The molecule has 0 unspecified atom stereocenters. The molecule has 6 heteroatoms. The number of halogens is 1. The molecule has 96 valence electrons. The van der Waals surface area contributed by atoms with Crippen LogP contribution in [0.15, 0.2) is 22.5 Å². The average molecular weight is 301 g/mol. The highest BCUT2D eigenvalue weighted by Gasteiger charge is 2.02. The van der Waals surface area contributed by atoms with E-state index in [-0.39, 0.29) is 0 Å². The zero-order valence-electron chi connectivity index (χ0n) is 10.1. The first kappa shape index (κ1) is 13.6. The Morgan fingerprint density at radius 1 is 1.33 bits per heavy atom. The van der Waals surface area contributed by atoms with Gasteiger partial charge in [-0.2, -0.15) is 0 Å². The molecule has 2 rings (SSSR count). The standard InChI is InChI=1S/C12H13ClN2OS2/c1-8-7-10(3-4-11(8)13)16-5-6-17-12-15-14-9(2)18-12/h3-4,7H,5-6H2,1-2H3. The molecule has 0 bridgehead atoms. The van der Waals surface area contributed by atoms with Crippen molar-refractivity contribution in [3.63, 3.8) is 0 Å². The van der Waals surface area contributed by atoms with Gasteiger partial charge in [-0.1, -0.05) is 34.7 Å². The summed E-state index contributed by atoms with van der Waals surface area (Å²) in [4.78, 5) is 0. The van der Waals surface area contributed by atoms with Crippen LogP contribution in [0.1, 0.15) is 10.6 Å². The molecule has 1 heterocycles. The van der Waals surface area contributed by atoms with Crippen molar-refractivity contribution in [3.05, 3.63) is 33.8 Å². The van der Waals surface area contributed by atoms with E-state index in [2.05, 4.69) is 10.2 Å². The summed E-state index contributed by atoms with van der Waals surface area (Å²) in [5.41, 5.74) is 1.03. The summed E-state index contributed by atoms with van der Waals surface area (Å²) in [5.74, 6) is 1.71. The Labute approximate surface area is 120 Å². The summed E-state index contributed by atoms with van der Waals surface area (Å²) in [6.45, 7) is 4.56. The number of thioether (sulfide) groups is 1. The van der Waals surface area contributed by atoms with Crippen molar-refractivity contribution < 1.29 is 4.74 Å². The van der Waals surface area contributed by atoms with E-state index in [1.54, 1.807) is 23.1 Å². The summed E-state index contributed by atoms with van der Waals surface area (Å²) >= 11 is 9.22. The van der Waals surface area contributed by atoms with Gasteiger partial charge in [-0.05, 0) is 37.6 Å². The van der Waals surface area contributed by atoms with Gasteiger partial charge in [0.05, 0.1) is 6.61 Å². The van der Waals surface area contributed by atoms with Gasteiger partial charge < -0.3 is 4.74 Å². The maximum atomic E-state index is 5.95. The molecule has 0 spiro atoms. The van der Waals surface area contributed by atoms with Crippen LogP contribution in [0.5, 0.6) is 5.75 Å². The first-order valence-electron chi connectivity index (χ1n) is 5.47. The van der Waals surface area contributed by atoms with Crippen LogP contribution in [0.25, 0.3) is 0 Å². The maximum Gasteiger partial charge on any atom is 0.174 e. The predicted octanol–water partition coefficient (Wildman–Crippen LogP) is 3.98. The number of aromatic nitrogens is 2. The number of benzene rings is 1. The summed E-state index contributed by atoms with van der Waals surface area (Å²) in [6, 6.07) is 5.69. The smallest absolute Gasteiger partial charge is 0.174 e. The van der Waals surface area contributed by atoms with Crippen LogP contribution in [0.3, 0.4) is 0 Å². The topological polar surface area (TPSA) is 35.0 Å². The Morgan fingerprint density at radius 2 is 2.17 bits per heavy atom. The highest BCUT2D eigenvalue weighted by Crippen LogP contribution is 2.23. The largest absolute Gasteiger partial charge is 0.493 e. The van der Waals surface area contributed by atoms with E-state index in [0.29, 0.717) is 6.61 Å². The quantitative estimate of drug-likeness (QED) is 0.618. The van der Waals surface area contributed by atoms with Crippen molar-refractivity contribution in [2.24, 2.45) is 0 Å². The van der Waals surface area contributed by atoms with Crippen LogP contribution in [-0.4, -0.2) is 22.6 Å². The van der Waals surface area contributed by atoms with E-state index in [0.717, 1.165) is 31.4 Å². The Bertz CT molecular complexity index is 531. The van der Waals surface area contributed by atoms with E-state index in [1.165, 1.54) is 0 Å². The maximum absolute atomic E-state index is 5.95. The first-order valence-corrected chi connectivity index (χ1v) is 7.65. The van der Waals surface area contributed by atoms with Gasteiger partial charge in [-0.25, -0.2) is 0 Å². The van der Waals surface area contributed by atoms with Gasteiger partial charge in [-0.3, -0.25) is 0 Å². The number of rotatable bonds is 5. The second kappa shape index (κ2) is 6.41. The van der Waals surface area contributed by atoms with Crippen LogP contribution < -0.4 is 4.74 Å². The zero-order valence-corrected chi connectivity index (χ0v) is 12.5. The second-order valence-corrected chi connectivity index (χ2v) is 6.63. The molecule has 0 saturated carbocycles. The van der Waals surface area contributed by atoms with Gasteiger partial charge >= 0.3 is 0 Å². The van der Waals surface area contributed by atoms with Gasteiger partial charge in [0.15, 0.2) is 4.34 Å². The zero-order chi connectivity index (χ0) is 13.0. The summed E-state index contributed by atoms with van der Waals surface area (Å²) in [7, 11) is 0. The molecule has 0 saturated heterocycles. The molecule has 0 aliphatic rings. The fourth-order valence-electron chi connectivity index (χ4n) is 1.33. The van der Waals surface area contributed by atoms with E-state index in [4.69, 9.17) is 16.3 Å². The van der Waals surface area contributed by atoms with Crippen LogP contribution in [0.2, 0.25) is 5.02 Å². The number of nitrogens with zero attached hydrogens (tertiary/aromatic N) is 2. The minimum Gasteiger partial charge on any atom is -0.493 e. The highest BCUT2D eigenvalue weighted by molar-refractivity contribution is 8.01. The Balaban J connectivity index is 1.76. The van der Waals surface area contributed by atoms with Gasteiger partial charge in [0, 0.05) is 10.8 Å². The number of aryl methyl sites for hydroxylation is 2. The van der Waals surface area contributed by atoms with E-state index in [9.17, 15) is 0 Å². The van der Waals surface area contributed by atoms with Crippen molar-refractivity contribution >= 4 is 34.7 Å². The Hall–Kier alpha value is -0.780. The van der Waals surface area contributed by atoms with E-state index < -0.39 is 0 Å². The molecule has 0 amide bonds. The third-order valence-corrected chi connectivity index (χ3v) is 4.57. The van der Waals surface area contributed by atoms with Gasteiger partial charge in [0.1, 0.15) is 10.8 Å². The molecular weight excluding hydrogens is 288 g/mol. The van der Waals surface area contributed by atoms with Gasteiger partial charge in [-0.15, -0.1) is 10.2 Å². The van der Waals surface area contributed by atoms with Crippen LogP contribution in [0, 0.1) is 13.8 Å². The minimum absolute atomic E-state index is 0.643. The lowest BCUT2D eigenvalue weighted by atomic mass is 10.2. The Morgan fingerprint density at radius 3 is 2.83 bits per heavy atom. The molecule has 18 heavy (non-hydrogen) atoms. The first-order chi connectivity index (χ1) is 8.65. The van der Waals surface area contributed by atoms with Crippen molar-refractivity contribution in [2.75, 3.05) is 12.4 Å². The summed E-state index contributed by atoms with van der Waals surface area (Å²) < 4.78 is 6.64. The predicted molar refractivity (Wildman–Crippen MR) is 77.1 cm³/mol. The van der Waals surface area contributed by atoms with Crippen molar-refractivity contribution in [2.45, 2.75) is 18.2 Å². The van der Waals surface area contributed by atoms with Gasteiger partial charge in [0.2, 0.25) is 0 Å². The molecule has 0 fully saturated rings. The highest BCUT2D eigenvalue weighted by atomic mass is 35.5. The van der Waals surface area contributed by atoms with Crippen molar-refractivity contribution in [1.82, 2.24) is 10.2 Å². The Kier molecular flexibility index (Phi) is 4.86. The lowest BCUT2D eigenvalue weighted by Gasteiger charge is -2.06. The number of hydrogen-bond acceptors (Lipinski definition) is 5. The SMILES string of the molecule is Cc1nnc(SCCOc2ccc(Cl)c(C)c2)s1. The molecular formula is C12H13ClN2OS2. The lowest BCUT2D eigenvalue weighted by Crippen LogP contribution is -2.00. The van der Waals surface area contributed by atoms with Crippen LogP contribution in [-0.2, 0) is 0 Å². The number of ether oxygens (including phenoxy) is 1. The van der Waals surface area contributed by atoms with E-state index >= 15 is 0 Å². The molecule has 0 aliphatic carbocycles. The summed E-state index contributed by atoms with van der Waals surface area (Å²) in [6.07, 6.45) is 0. The second-order valence-electron chi connectivity index (χ2n) is 3.69. The number of hydrogen-bond donors (Lipinski definition) is 0. The third-order valence-electron chi connectivity index (χ3n) is 2.21. The molecule has 1 aromatic heterocycles. The minimum atomic E-state index is 0.643. The fourth-order valence-corrected chi connectivity index (χ4v) is 3.15.